The van der Waals surface area contributed by atoms with Gasteiger partial charge in [0.1, 0.15) is 10.6 Å². The lowest BCUT2D eigenvalue weighted by molar-refractivity contribution is 0.0603. The number of nitrogens with one attached hydrogen (secondary N) is 1. The standard InChI is InChI=1S/C12H18ClNO5S/c1-18-8-10(15)5-6-14-20(16,17)12-4-3-9(13)7-11(12)19-2/h3-4,7,10,14-15H,5-6,8H2,1-2H3. The number of hydrogen-bond acceptors (Lipinski definition) is 5. The molecule has 2 N–H and O–H groups in total. The third-order valence-electron chi connectivity index (χ3n) is 2.54. The second-order valence-electron chi connectivity index (χ2n) is 4.09. The molecule has 0 aliphatic heterocycles. The number of benzene rings is 1. The van der Waals surface area contributed by atoms with Gasteiger partial charge < -0.3 is 14.6 Å². The second-order valence-corrected chi connectivity index (χ2v) is 6.26. The summed E-state index contributed by atoms with van der Waals surface area (Å²) >= 11 is 5.78. The van der Waals surface area contributed by atoms with Crippen LogP contribution in [-0.2, 0) is 14.8 Å². The van der Waals surface area contributed by atoms with E-state index in [4.69, 9.17) is 21.1 Å². The number of aliphatic hydroxyl groups is 1. The normalized spacial score (nSPS) is 13.2. The van der Waals surface area contributed by atoms with Crippen LogP contribution in [0.3, 0.4) is 0 Å². The van der Waals surface area contributed by atoms with Crippen molar-refractivity contribution in [1.29, 1.82) is 0 Å². The molecule has 0 fully saturated rings. The average Bonchev–Trinajstić information content (AvgIpc) is 2.38. The Kier molecular flexibility index (Phi) is 6.70. The Morgan fingerprint density at radius 3 is 2.70 bits per heavy atom. The van der Waals surface area contributed by atoms with Gasteiger partial charge in [-0.15, -0.1) is 0 Å². The molecule has 0 aliphatic carbocycles. The zero-order chi connectivity index (χ0) is 15.2. The van der Waals surface area contributed by atoms with E-state index in [0.29, 0.717) is 5.02 Å². The third kappa shape index (κ3) is 4.92. The van der Waals surface area contributed by atoms with Crippen LogP contribution in [0.25, 0.3) is 0 Å². The van der Waals surface area contributed by atoms with Gasteiger partial charge in [0.15, 0.2) is 0 Å². The fourth-order valence-electron chi connectivity index (χ4n) is 1.58. The van der Waals surface area contributed by atoms with E-state index < -0.39 is 16.1 Å². The lowest BCUT2D eigenvalue weighted by atomic mass is 10.3. The minimum atomic E-state index is -3.72. The van der Waals surface area contributed by atoms with Gasteiger partial charge in [0.2, 0.25) is 10.0 Å². The van der Waals surface area contributed by atoms with E-state index in [-0.39, 0.29) is 30.2 Å². The van der Waals surface area contributed by atoms with Gasteiger partial charge in [0, 0.05) is 24.7 Å². The zero-order valence-electron chi connectivity index (χ0n) is 11.3. The molecule has 1 atom stereocenters. The van der Waals surface area contributed by atoms with Crippen LogP contribution in [0.2, 0.25) is 5.02 Å². The Bertz CT molecular complexity index is 535. The monoisotopic (exact) mass is 323 g/mol. The number of sulfonamides is 1. The van der Waals surface area contributed by atoms with E-state index >= 15 is 0 Å². The summed E-state index contributed by atoms with van der Waals surface area (Å²) in [6.45, 7) is 0.255. The molecule has 0 aromatic heterocycles. The summed E-state index contributed by atoms with van der Waals surface area (Å²) in [5, 5.41) is 9.84. The van der Waals surface area contributed by atoms with Crippen LogP contribution in [0.4, 0.5) is 0 Å². The molecule has 1 rings (SSSR count). The van der Waals surface area contributed by atoms with Crippen LogP contribution in [0.5, 0.6) is 5.75 Å². The number of ether oxygens (including phenoxy) is 2. The van der Waals surface area contributed by atoms with Crippen LogP contribution in [0.15, 0.2) is 23.1 Å². The van der Waals surface area contributed by atoms with Crippen molar-refractivity contribution in [2.24, 2.45) is 0 Å². The highest BCUT2D eigenvalue weighted by atomic mass is 35.5. The van der Waals surface area contributed by atoms with Crippen molar-refractivity contribution in [2.45, 2.75) is 17.4 Å². The molecule has 0 radical (unpaired) electrons. The second kappa shape index (κ2) is 7.80. The fraction of sp³-hybridized carbons (Fsp3) is 0.500. The van der Waals surface area contributed by atoms with Crippen molar-refractivity contribution in [3.8, 4) is 5.75 Å². The van der Waals surface area contributed by atoms with Gasteiger partial charge in [-0.1, -0.05) is 11.6 Å². The van der Waals surface area contributed by atoms with E-state index in [1.165, 1.54) is 32.4 Å². The number of aliphatic hydroxyl groups excluding tert-OH is 1. The molecule has 114 valence electrons. The van der Waals surface area contributed by atoms with Crippen LogP contribution >= 0.6 is 11.6 Å². The minimum absolute atomic E-state index is 0.00521. The van der Waals surface area contributed by atoms with Crippen LogP contribution in [0.1, 0.15) is 6.42 Å². The number of hydrogen-bond donors (Lipinski definition) is 2. The first kappa shape index (κ1) is 17.2. The van der Waals surface area contributed by atoms with E-state index in [9.17, 15) is 13.5 Å². The van der Waals surface area contributed by atoms with Crippen LogP contribution < -0.4 is 9.46 Å². The maximum Gasteiger partial charge on any atom is 0.244 e. The number of halogens is 1. The Morgan fingerprint density at radius 2 is 2.10 bits per heavy atom. The number of rotatable bonds is 8. The molecule has 0 saturated heterocycles. The zero-order valence-corrected chi connectivity index (χ0v) is 12.9. The van der Waals surface area contributed by atoms with Crippen molar-refractivity contribution >= 4 is 21.6 Å². The van der Waals surface area contributed by atoms with Gasteiger partial charge in [-0.05, 0) is 18.6 Å². The van der Waals surface area contributed by atoms with Gasteiger partial charge in [0.25, 0.3) is 0 Å². The van der Waals surface area contributed by atoms with Crippen LogP contribution in [-0.4, -0.2) is 47.0 Å². The Hall–Kier alpha value is -0.860. The topological polar surface area (TPSA) is 84.9 Å². The largest absolute Gasteiger partial charge is 0.495 e. The van der Waals surface area contributed by atoms with Crippen molar-refractivity contribution < 1.29 is 23.0 Å². The molecule has 0 heterocycles. The maximum absolute atomic E-state index is 12.1. The van der Waals surface area contributed by atoms with Gasteiger partial charge in [0.05, 0.1) is 19.8 Å². The van der Waals surface area contributed by atoms with Gasteiger partial charge in [-0.3, -0.25) is 0 Å². The van der Waals surface area contributed by atoms with E-state index in [1.54, 1.807) is 0 Å². The Balaban J connectivity index is 2.74. The quantitative estimate of drug-likeness (QED) is 0.746. The predicted octanol–water partition coefficient (Wildman–Crippen LogP) is 1.02. The molecule has 6 nitrogen and oxygen atoms in total. The molecule has 20 heavy (non-hydrogen) atoms. The van der Waals surface area contributed by atoms with E-state index in [2.05, 4.69) is 4.72 Å². The molecule has 0 bridgehead atoms. The highest BCUT2D eigenvalue weighted by Crippen LogP contribution is 2.26. The molecule has 0 amide bonds. The molecular weight excluding hydrogens is 306 g/mol. The molecule has 0 aliphatic rings. The third-order valence-corrected chi connectivity index (χ3v) is 4.28. The maximum atomic E-state index is 12.1. The molecule has 0 saturated carbocycles. The SMILES string of the molecule is COCC(O)CCNS(=O)(=O)c1ccc(Cl)cc1OC. The van der Waals surface area contributed by atoms with Crippen molar-refractivity contribution in [3.05, 3.63) is 23.2 Å². The first-order valence-corrected chi connectivity index (χ1v) is 7.77. The Morgan fingerprint density at radius 1 is 1.40 bits per heavy atom. The highest BCUT2D eigenvalue weighted by Gasteiger charge is 2.19. The van der Waals surface area contributed by atoms with Crippen molar-refractivity contribution in [2.75, 3.05) is 27.4 Å². The van der Waals surface area contributed by atoms with Gasteiger partial charge in [-0.2, -0.15) is 0 Å². The van der Waals surface area contributed by atoms with Crippen LogP contribution in [0, 0.1) is 0 Å². The summed E-state index contributed by atoms with van der Waals surface area (Å²) in [5.41, 5.74) is 0. The summed E-state index contributed by atoms with van der Waals surface area (Å²) in [7, 11) is -0.884. The van der Waals surface area contributed by atoms with Crippen molar-refractivity contribution in [3.63, 3.8) is 0 Å². The highest BCUT2D eigenvalue weighted by molar-refractivity contribution is 7.89. The fourth-order valence-corrected chi connectivity index (χ4v) is 2.94. The van der Waals surface area contributed by atoms with E-state index in [0.717, 1.165) is 0 Å². The van der Waals surface area contributed by atoms with E-state index in [1.807, 2.05) is 0 Å². The minimum Gasteiger partial charge on any atom is -0.495 e. The first-order valence-electron chi connectivity index (χ1n) is 5.91. The van der Waals surface area contributed by atoms with Gasteiger partial charge in [-0.25, -0.2) is 13.1 Å². The summed E-state index contributed by atoms with van der Waals surface area (Å²) in [6, 6.07) is 4.27. The number of methoxy groups -OCH3 is 2. The summed E-state index contributed by atoms with van der Waals surface area (Å²) in [4.78, 5) is 0.00521. The molecule has 1 aromatic carbocycles. The predicted molar refractivity (Wildman–Crippen MR) is 75.7 cm³/mol. The smallest absolute Gasteiger partial charge is 0.244 e. The summed E-state index contributed by atoms with van der Waals surface area (Å²) < 4.78 is 36.4. The Labute approximate surface area is 123 Å². The van der Waals surface area contributed by atoms with Gasteiger partial charge >= 0.3 is 0 Å². The average molecular weight is 324 g/mol. The first-order chi connectivity index (χ1) is 9.40. The molecule has 0 spiro atoms. The lowest BCUT2D eigenvalue weighted by Crippen LogP contribution is -2.28. The summed E-state index contributed by atoms with van der Waals surface area (Å²) in [6.07, 6.45) is -0.460. The molecule has 1 aromatic rings. The summed E-state index contributed by atoms with van der Waals surface area (Å²) in [5.74, 6) is 0.169. The molecule has 1 unspecified atom stereocenters. The lowest BCUT2D eigenvalue weighted by Gasteiger charge is -2.12. The van der Waals surface area contributed by atoms with Crippen molar-refractivity contribution in [1.82, 2.24) is 4.72 Å². The molecule has 8 heteroatoms. The molecular formula is C12H18ClNO5S.